The van der Waals surface area contributed by atoms with Crippen LogP contribution in [-0.2, 0) is 11.2 Å². The third-order valence-corrected chi connectivity index (χ3v) is 5.13. The summed E-state index contributed by atoms with van der Waals surface area (Å²) < 4.78 is 5.83. The summed E-state index contributed by atoms with van der Waals surface area (Å²) in [6.07, 6.45) is 5.49. The van der Waals surface area contributed by atoms with E-state index in [1.54, 1.807) is 37.2 Å². The summed E-state index contributed by atoms with van der Waals surface area (Å²) in [5.74, 6) is 0.314. The lowest BCUT2D eigenvalue weighted by Crippen LogP contribution is -2.34. The Kier molecular flexibility index (Phi) is 10.7. The fourth-order valence-corrected chi connectivity index (χ4v) is 3.31. The second-order valence-corrected chi connectivity index (χ2v) is 8.21. The first-order chi connectivity index (χ1) is 15.4. The zero-order valence-electron chi connectivity index (χ0n) is 19.1. The van der Waals surface area contributed by atoms with Gasteiger partial charge in [-0.25, -0.2) is 0 Å². The number of ether oxygens (including phenoxy) is 1. The first-order valence-electron chi connectivity index (χ1n) is 11.0. The highest BCUT2D eigenvalue weighted by Crippen LogP contribution is 2.19. The molecule has 2 rings (SSSR count). The van der Waals surface area contributed by atoms with Crippen molar-refractivity contribution in [3.05, 3.63) is 59.7 Å². The summed E-state index contributed by atoms with van der Waals surface area (Å²) in [6, 6.07) is 14.8. The first-order valence-corrected chi connectivity index (χ1v) is 11.4. The molecule has 0 saturated heterocycles. The standard InChI is InChI=1S/C25H33N3O3S/c1-4-5-6-9-17-31-22-14-8-7-13-21(22)24(30)27-25(32)26-20-12-10-11-19(18-20)15-16-23(29)28(2)3/h7-8,10-14,18H,4-6,9,15-17H2,1-3H3,(H2,26,27,30,32). The van der Waals surface area contributed by atoms with Crippen molar-refractivity contribution < 1.29 is 14.3 Å². The monoisotopic (exact) mass is 455 g/mol. The number of carbonyl (C=O) groups is 2. The number of nitrogens with zero attached hydrogens (tertiary/aromatic N) is 1. The molecule has 0 heterocycles. The quantitative estimate of drug-likeness (QED) is 0.376. The maximum Gasteiger partial charge on any atom is 0.261 e. The molecule has 6 nitrogen and oxygen atoms in total. The molecular formula is C25H33N3O3S. The van der Waals surface area contributed by atoms with Crippen LogP contribution in [0.15, 0.2) is 48.5 Å². The minimum atomic E-state index is -0.320. The van der Waals surface area contributed by atoms with Crippen LogP contribution in [0.25, 0.3) is 0 Å². The fraction of sp³-hybridized carbons (Fsp3) is 0.400. The Morgan fingerprint density at radius 1 is 1.03 bits per heavy atom. The minimum absolute atomic E-state index is 0.0809. The Morgan fingerprint density at radius 3 is 2.56 bits per heavy atom. The molecule has 0 atom stereocenters. The van der Waals surface area contributed by atoms with Gasteiger partial charge in [-0.05, 0) is 54.9 Å². The highest BCUT2D eigenvalue weighted by molar-refractivity contribution is 7.80. The molecule has 32 heavy (non-hydrogen) atoms. The number of hydrogen-bond acceptors (Lipinski definition) is 4. The van der Waals surface area contributed by atoms with E-state index in [0.717, 1.165) is 24.1 Å². The molecule has 0 radical (unpaired) electrons. The Morgan fingerprint density at radius 2 is 1.81 bits per heavy atom. The Bertz CT molecular complexity index is 915. The predicted molar refractivity (Wildman–Crippen MR) is 133 cm³/mol. The number of rotatable bonds is 11. The van der Waals surface area contributed by atoms with Crippen molar-refractivity contribution in [2.24, 2.45) is 0 Å². The van der Waals surface area contributed by atoms with E-state index in [1.165, 1.54) is 12.8 Å². The molecule has 0 bridgehead atoms. The molecule has 172 valence electrons. The van der Waals surface area contributed by atoms with Gasteiger partial charge in [-0.3, -0.25) is 14.9 Å². The topological polar surface area (TPSA) is 70.7 Å². The van der Waals surface area contributed by atoms with E-state index in [4.69, 9.17) is 17.0 Å². The normalized spacial score (nSPS) is 10.3. The van der Waals surface area contributed by atoms with Gasteiger partial charge < -0.3 is 15.0 Å². The number of unbranched alkanes of at least 4 members (excludes halogenated alkanes) is 3. The summed E-state index contributed by atoms with van der Waals surface area (Å²) in [6.45, 7) is 2.75. The average molecular weight is 456 g/mol. The first kappa shape index (κ1) is 25.3. The number of carbonyl (C=O) groups excluding carboxylic acids is 2. The van der Waals surface area contributed by atoms with Crippen LogP contribution in [0.2, 0.25) is 0 Å². The van der Waals surface area contributed by atoms with Crippen molar-refractivity contribution in [3.63, 3.8) is 0 Å². The zero-order valence-corrected chi connectivity index (χ0v) is 20.0. The SMILES string of the molecule is CCCCCCOc1ccccc1C(=O)NC(=S)Nc1cccc(CCC(=O)N(C)C)c1. The van der Waals surface area contributed by atoms with Gasteiger partial charge >= 0.3 is 0 Å². The van der Waals surface area contributed by atoms with Gasteiger partial charge in [0.2, 0.25) is 5.91 Å². The molecule has 7 heteroatoms. The zero-order chi connectivity index (χ0) is 23.3. The van der Waals surface area contributed by atoms with E-state index >= 15 is 0 Å². The van der Waals surface area contributed by atoms with Crippen LogP contribution in [0.3, 0.4) is 0 Å². The van der Waals surface area contributed by atoms with Crippen LogP contribution in [0, 0.1) is 0 Å². The van der Waals surface area contributed by atoms with E-state index in [1.807, 2.05) is 30.3 Å². The molecule has 0 saturated carbocycles. The number of anilines is 1. The molecular weight excluding hydrogens is 422 g/mol. The molecule has 0 aromatic heterocycles. The predicted octanol–water partition coefficient (Wildman–Crippen LogP) is 4.79. The summed E-state index contributed by atoms with van der Waals surface area (Å²) in [5, 5.41) is 5.97. The lowest BCUT2D eigenvalue weighted by atomic mass is 10.1. The molecule has 0 aliphatic rings. The number of amides is 2. The molecule has 0 aliphatic carbocycles. The van der Waals surface area contributed by atoms with E-state index in [9.17, 15) is 9.59 Å². The summed E-state index contributed by atoms with van der Waals surface area (Å²) in [7, 11) is 3.49. The highest BCUT2D eigenvalue weighted by Gasteiger charge is 2.14. The summed E-state index contributed by atoms with van der Waals surface area (Å²) in [4.78, 5) is 26.1. The van der Waals surface area contributed by atoms with Gasteiger partial charge in [-0.15, -0.1) is 0 Å². The molecule has 0 fully saturated rings. The van der Waals surface area contributed by atoms with E-state index < -0.39 is 0 Å². The Balaban J connectivity index is 1.91. The molecule has 2 aromatic rings. The van der Waals surface area contributed by atoms with Gasteiger partial charge in [-0.2, -0.15) is 0 Å². The van der Waals surface area contributed by atoms with Crippen LogP contribution in [0.1, 0.15) is 54.9 Å². The van der Waals surface area contributed by atoms with Gasteiger partial charge in [-0.1, -0.05) is 50.5 Å². The van der Waals surface area contributed by atoms with Crippen molar-refractivity contribution >= 4 is 34.8 Å². The van der Waals surface area contributed by atoms with Crippen LogP contribution in [0.4, 0.5) is 5.69 Å². The number of para-hydroxylation sites is 1. The van der Waals surface area contributed by atoms with Crippen molar-refractivity contribution in [1.82, 2.24) is 10.2 Å². The smallest absolute Gasteiger partial charge is 0.261 e. The van der Waals surface area contributed by atoms with Crippen molar-refractivity contribution in [2.75, 3.05) is 26.0 Å². The molecule has 0 unspecified atom stereocenters. The molecule has 2 aromatic carbocycles. The Hall–Kier alpha value is -2.93. The number of thiocarbonyl (C=S) groups is 1. The number of benzene rings is 2. The van der Waals surface area contributed by atoms with Crippen LogP contribution >= 0.6 is 12.2 Å². The second kappa shape index (κ2) is 13.5. The highest BCUT2D eigenvalue weighted by atomic mass is 32.1. The largest absolute Gasteiger partial charge is 0.493 e. The fourth-order valence-electron chi connectivity index (χ4n) is 3.10. The van der Waals surface area contributed by atoms with E-state index in [0.29, 0.717) is 30.8 Å². The van der Waals surface area contributed by atoms with Gasteiger partial charge in [0.15, 0.2) is 5.11 Å². The van der Waals surface area contributed by atoms with Crippen molar-refractivity contribution in [3.8, 4) is 5.75 Å². The van der Waals surface area contributed by atoms with Crippen LogP contribution in [0.5, 0.6) is 5.75 Å². The lowest BCUT2D eigenvalue weighted by Gasteiger charge is -2.14. The summed E-state index contributed by atoms with van der Waals surface area (Å²) >= 11 is 5.33. The number of hydrogen-bond donors (Lipinski definition) is 2. The molecule has 2 N–H and O–H groups in total. The third-order valence-electron chi connectivity index (χ3n) is 4.93. The van der Waals surface area contributed by atoms with Crippen molar-refractivity contribution in [1.29, 1.82) is 0 Å². The Labute approximate surface area is 196 Å². The second-order valence-electron chi connectivity index (χ2n) is 7.80. The lowest BCUT2D eigenvalue weighted by molar-refractivity contribution is -0.128. The van der Waals surface area contributed by atoms with Gasteiger partial charge in [0, 0.05) is 26.2 Å². The van der Waals surface area contributed by atoms with Crippen molar-refractivity contribution in [2.45, 2.75) is 45.4 Å². The summed E-state index contributed by atoms with van der Waals surface area (Å²) in [5.41, 5.74) is 2.22. The maximum absolute atomic E-state index is 12.7. The minimum Gasteiger partial charge on any atom is -0.493 e. The maximum atomic E-state index is 12.7. The third kappa shape index (κ3) is 8.67. The molecule has 0 spiro atoms. The van der Waals surface area contributed by atoms with Gasteiger partial charge in [0.05, 0.1) is 12.2 Å². The van der Waals surface area contributed by atoms with Gasteiger partial charge in [0.25, 0.3) is 5.91 Å². The van der Waals surface area contributed by atoms with E-state index in [2.05, 4.69) is 17.6 Å². The van der Waals surface area contributed by atoms with Gasteiger partial charge in [0.1, 0.15) is 5.75 Å². The average Bonchev–Trinajstić information content (AvgIpc) is 2.77. The van der Waals surface area contributed by atoms with Crippen LogP contribution < -0.4 is 15.4 Å². The number of aryl methyl sites for hydroxylation is 1. The number of nitrogens with one attached hydrogen (secondary N) is 2. The van der Waals surface area contributed by atoms with Crippen LogP contribution in [-0.4, -0.2) is 42.5 Å². The molecule has 2 amide bonds. The van der Waals surface area contributed by atoms with E-state index in [-0.39, 0.29) is 16.9 Å². The molecule has 0 aliphatic heterocycles.